The second kappa shape index (κ2) is 5.65. The van der Waals surface area contributed by atoms with Crippen LogP contribution in [0.1, 0.15) is 36.5 Å². The van der Waals surface area contributed by atoms with Gasteiger partial charge in [-0.15, -0.1) is 0 Å². The average Bonchev–Trinajstić information content (AvgIpc) is 3.12. The van der Waals surface area contributed by atoms with Gasteiger partial charge in [0.2, 0.25) is 5.91 Å². The molecule has 2 rings (SSSR count). The number of nitrogens with one attached hydrogen (secondary N) is 2. The van der Waals surface area contributed by atoms with Crippen molar-refractivity contribution in [2.24, 2.45) is 0 Å². The molecule has 0 unspecified atom stereocenters. The van der Waals surface area contributed by atoms with Crippen LogP contribution >= 0.6 is 0 Å². The Balaban J connectivity index is 2.08. The number of anilines is 1. The SMILES string of the molecule is CC(=O)CC(=O)Nc1ccccc1C(=O)NC1CC1. The van der Waals surface area contributed by atoms with Crippen molar-refractivity contribution in [3.05, 3.63) is 29.8 Å². The fourth-order valence-corrected chi connectivity index (χ4v) is 1.70. The molecule has 1 saturated carbocycles. The molecule has 1 aliphatic carbocycles. The van der Waals surface area contributed by atoms with Crippen molar-refractivity contribution in [3.8, 4) is 0 Å². The van der Waals surface area contributed by atoms with Gasteiger partial charge in [-0.05, 0) is 31.9 Å². The topological polar surface area (TPSA) is 75.3 Å². The summed E-state index contributed by atoms with van der Waals surface area (Å²) < 4.78 is 0. The Hall–Kier alpha value is -2.17. The molecule has 0 bridgehead atoms. The Kier molecular flexibility index (Phi) is 3.94. The Bertz CT molecular complexity index is 521. The molecule has 5 nitrogen and oxygen atoms in total. The van der Waals surface area contributed by atoms with Crippen LogP contribution in [0.25, 0.3) is 0 Å². The van der Waals surface area contributed by atoms with Crippen molar-refractivity contribution in [2.75, 3.05) is 5.32 Å². The molecule has 0 heterocycles. The average molecular weight is 260 g/mol. The van der Waals surface area contributed by atoms with Gasteiger partial charge in [0.15, 0.2) is 0 Å². The third-order valence-corrected chi connectivity index (χ3v) is 2.77. The minimum absolute atomic E-state index is 0.182. The van der Waals surface area contributed by atoms with Gasteiger partial charge >= 0.3 is 0 Å². The van der Waals surface area contributed by atoms with Crippen molar-refractivity contribution in [3.63, 3.8) is 0 Å². The van der Waals surface area contributed by atoms with E-state index >= 15 is 0 Å². The summed E-state index contributed by atoms with van der Waals surface area (Å²) in [7, 11) is 0. The number of benzene rings is 1. The highest BCUT2D eigenvalue weighted by molar-refractivity contribution is 6.07. The molecule has 0 atom stereocenters. The number of carbonyl (C=O) groups is 3. The minimum atomic E-state index is -0.404. The molecule has 1 aromatic rings. The molecule has 5 heteroatoms. The Morgan fingerprint density at radius 3 is 2.53 bits per heavy atom. The monoisotopic (exact) mass is 260 g/mol. The summed E-state index contributed by atoms with van der Waals surface area (Å²) in [5.74, 6) is -0.808. The number of hydrogen-bond acceptors (Lipinski definition) is 3. The third-order valence-electron chi connectivity index (χ3n) is 2.77. The van der Waals surface area contributed by atoms with Crippen molar-refractivity contribution >= 4 is 23.3 Å². The summed E-state index contributed by atoms with van der Waals surface area (Å²) in [6.07, 6.45) is 1.83. The van der Waals surface area contributed by atoms with E-state index < -0.39 is 5.91 Å². The molecule has 0 aliphatic heterocycles. The van der Waals surface area contributed by atoms with E-state index in [-0.39, 0.29) is 24.2 Å². The first kappa shape index (κ1) is 13.3. The second-order valence-corrected chi connectivity index (χ2v) is 4.72. The summed E-state index contributed by atoms with van der Waals surface area (Å²) in [6, 6.07) is 7.04. The van der Waals surface area contributed by atoms with Crippen LogP contribution in [0, 0.1) is 0 Å². The van der Waals surface area contributed by atoms with Crippen molar-refractivity contribution in [2.45, 2.75) is 32.2 Å². The number of amides is 2. The molecule has 0 aromatic heterocycles. The number of carbonyl (C=O) groups excluding carboxylic acids is 3. The lowest BCUT2D eigenvalue weighted by atomic mass is 10.1. The van der Waals surface area contributed by atoms with Gasteiger partial charge in [0.1, 0.15) is 5.78 Å². The van der Waals surface area contributed by atoms with Crippen molar-refractivity contribution in [1.29, 1.82) is 0 Å². The smallest absolute Gasteiger partial charge is 0.253 e. The lowest BCUT2D eigenvalue weighted by molar-refractivity contribution is -0.124. The zero-order valence-corrected chi connectivity index (χ0v) is 10.7. The Labute approximate surface area is 111 Å². The fraction of sp³-hybridized carbons (Fsp3) is 0.357. The van der Waals surface area contributed by atoms with E-state index in [1.54, 1.807) is 24.3 Å². The second-order valence-electron chi connectivity index (χ2n) is 4.72. The number of hydrogen-bond donors (Lipinski definition) is 2. The van der Waals surface area contributed by atoms with E-state index in [1.165, 1.54) is 6.92 Å². The lowest BCUT2D eigenvalue weighted by Crippen LogP contribution is -2.27. The predicted octanol–water partition coefficient (Wildman–Crippen LogP) is 1.50. The van der Waals surface area contributed by atoms with Crippen molar-refractivity contribution < 1.29 is 14.4 Å². The molecule has 1 aliphatic rings. The van der Waals surface area contributed by atoms with Gasteiger partial charge in [-0.1, -0.05) is 12.1 Å². The summed E-state index contributed by atoms with van der Waals surface area (Å²) >= 11 is 0. The normalized spacial score (nSPS) is 13.7. The molecule has 100 valence electrons. The van der Waals surface area contributed by atoms with E-state index in [0.717, 1.165) is 12.8 Å². The number of ketones is 1. The quantitative estimate of drug-likeness (QED) is 0.788. The number of Topliss-reactive ketones (excluding diaryl/α,β-unsaturated/α-hetero) is 1. The molecular formula is C14H16N2O3. The van der Waals surface area contributed by atoms with Crippen molar-refractivity contribution in [1.82, 2.24) is 5.32 Å². The van der Waals surface area contributed by atoms with Crippen LogP contribution in [-0.4, -0.2) is 23.6 Å². The van der Waals surface area contributed by atoms with Crippen LogP contribution in [0.5, 0.6) is 0 Å². The highest BCUT2D eigenvalue weighted by Crippen LogP contribution is 2.21. The van der Waals surface area contributed by atoms with Crippen LogP contribution in [0.15, 0.2) is 24.3 Å². The summed E-state index contributed by atoms with van der Waals surface area (Å²) in [5.41, 5.74) is 0.859. The maximum absolute atomic E-state index is 12.0. The molecule has 19 heavy (non-hydrogen) atoms. The Morgan fingerprint density at radius 2 is 1.89 bits per heavy atom. The third kappa shape index (κ3) is 3.91. The first-order chi connectivity index (χ1) is 9.06. The summed E-state index contributed by atoms with van der Waals surface area (Å²) in [5, 5.41) is 5.46. The first-order valence-corrected chi connectivity index (χ1v) is 6.25. The standard InChI is InChI=1S/C14H16N2O3/c1-9(17)8-13(18)16-12-5-3-2-4-11(12)14(19)15-10-6-7-10/h2-5,10H,6-8H2,1H3,(H,15,19)(H,16,18). The number of rotatable bonds is 5. The van der Waals surface area contributed by atoms with Crippen LogP contribution in [0.2, 0.25) is 0 Å². The first-order valence-electron chi connectivity index (χ1n) is 6.25. The Morgan fingerprint density at radius 1 is 1.21 bits per heavy atom. The van der Waals surface area contributed by atoms with Gasteiger partial charge in [-0.2, -0.15) is 0 Å². The molecule has 2 amide bonds. The fourth-order valence-electron chi connectivity index (χ4n) is 1.70. The van der Waals surface area contributed by atoms with Gasteiger partial charge in [0.25, 0.3) is 5.91 Å². The maximum Gasteiger partial charge on any atom is 0.253 e. The zero-order valence-electron chi connectivity index (χ0n) is 10.7. The summed E-state index contributed by atoms with van der Waals surface area (Å²) in [4.78, 5) is 34.4. The van der Waals surface area contributed by atoms with Crippen LogP contribution in [-0.2, 0) is 9.59 Å². The largest absolute Gasteiger partial charge is 0.349 e. The van der Waals surface area contributed by atoms with Gasteiger partial charge in [-0.25, -0.2) is 0 Å². The van der Waals surface area contributed by atoms with Gasteiger partial charge in [-0.3, -0.25) is 14.4 Å². The number of para-hydroxylation sites is 1. The van der Waals surface area contributed by atoms with Gasteiger partial charge < -0.3 is 10.6 Å². The highest BCUT2D eigenvalue weighted by atomic mass is 16.2. The van der Waals surface area contributed by atoms with Gasteiger partial charge in [0.05, 0.1) is 17.7 Å². The van der Waals surface area contributed by atoms with Crippen LogP contribution < -0.4 is 10.6 Å². The van der Waals surface area contributed by atoms with E-state index in [2.05, 4.69) is 10.6 Å². The molecule has 1 fully saturated rings. The molecule has 0 spiro atoms. The molecule has 2 N–H and O–H groups in total. The maximum atomic E-state index is 12.0. The van der Waals surface area contributed by atoms with Crippen LogP contribution in [0.3, 0.4) is 0 Å². The van der Waals surface area contributed by atoms with Crippen LogP contribution in [0.4, 0.5) is 5.69 Å². The highest BCUT2D eigenvalue weighted by Gasteiger charge is 2.25. The lowest BCUT2D eigenvalue weighted by Gasteiger charge is -2.10. The molecule has 1 aromatic carbocycles. The van der Waals surface area contributed by atoms with E-state index in [1.807, 2.05) is 0 Å². The van der Waals surface area contributed by atoms with E-state index in [0.29, 0.717) is 11.3 Å². The predicted molar refractivity (Wildman–Crippen MR) is 70.9 cm³/mol. The molecule has 0 radical (unpaired) electrons. The van der Waals surface area contributed by atoms with Gasteiger partial charge in [0, 0.05) is 6.04 Å². The summed E-state index contributed by atoms with van der Waals surface area (Å²) in [6.45, 7) is 1.35. The zero-order chi connectivity index (χ0) is 13.8. The van der Waals surface area contributed by atoms with E-state index in [4.69, 9.17) is 0 Å². The minimum Gasteiger partial charge on any atom is -0.349 e. The molecule has 0 saturated heterocycles. The molecular weight excluding hydrogens is 244 g/mol. The van der Waals surface area contributed by atoms with E-state index in [9.17, 15) is 14.4 Å².